The Hall–Kier alpha value is -2.10. The Morgan fingerprint density at radius 1 is 1.00 bits per heavy atom. The monoisotopic (exact) mass is 233 g/mol. The molecule has 2 rings (SSSR count). The molecule has 0 bridgehead atoms. The van der Waals surface area contributed by atoms with Crippen LogP contribution in [0.1, 0.15) is 0 Å². The second-order valence-corrected chi connectivity index (χ2v) is 3.47. The highest BCUT2D eigenvalue weighted by Crippen LogP contribution is 2.26. The lowest BCUT2D eigenvalue weighted by atomic mass is 10.1. The molecule has 0 saturated heterocycles. The van der Waals surface area contributed by atoms with Gasteiger partial charge in [-0.05, 0) is 29.3 Å². The van der Waals surface area contributed by atoms with Crippen LogP contribution >= 0.6 is 0 Å². The van der Waals surface area contributed by atoms with Gasteiger partial charge >= 0.3 is 0 Å². The maximum absolute atomic E-state index is 13.4. The van der Waals surface area contributed by atoms with Crippen LogP contribution in [0.15, 0.2) is 36.5 Å². The van der Waals surface area contributed by atoms with Crippen LogP contribution in [-0.4, -0.2) is 19.2 Å². The van der Waals surface area contributed by atoms with E-state index in [0.717, 1.165) is 11.1 Å². The Bertz CT molecular complexity index is 529. The molecule has 0 amide bonds. The van der Waals surface area contributed by atoms with Gasteiger partial charge in [0, 0.05) is 18.3 Å². The van der Waals surface area contributed by atoms with Crippen molar-refractivity contribution in [1.82, 2.24) is 4.98 Å². The summed E-state index contributed by atoms with van der Waals surface area (Å²) >= 11 is 0. The van der Waals surface area contributed by atoms with E-state index in [-0.39, 0.29) is 5.82 Å². The minimum Gasteiger partial charge on any atom is -0.497 e. The summed E-state index contributed by atoms with van der Waals surface area (Å²) in [4.78, 5) is 4.00. The molecule has 0 aliphatic carbocycles. The molecule has 17 heavy (non-hydrogen) atoms. The standard InChI is InChI=1S/C13H12FNO2/c1-16-12-6-10(5-11(14)8-12)9-3-4-15-13(7-9)17-2/h3-8H,1-2H3. The molecule has 0 saturated carbocycles. The number of nitrogens with zero attached hydrogens (tertiary/aromatic N) is 1. The van der Waals surface area contributed by atoms with E-state index in [9.17, 15) is 4.39 Å². The summed E-state index contributed by atoms with van der Waals surface area (Å²) < 4.78 is 23.4. The van der Waals surface area contributed by atoms with E-state index in [4.69, 9.17) is 9.47 Å². The smallest absolute Gasteiger partial charge is 0.213 e. The van der Waals surface area contributed by atoms with Gasteiger partial charge in [-0.1, -0.05) is 0 Å². The highest BCUT2D eigenvalue weighted by molar-refractivity contribution is 5.65. The number of rotatable bonds is 3. The average Bonchev–Trinajstić information content (AvgIpc) is 2.38. The molecule has 0 fully saturated rings. The molecule has 2 aromatic rings. The fraction of sp³-hybridized carbons (Fsp3) is 0.154. The van der Waals surface area contributed by atoms with Gasteiger partial charge in [-0.3, -0.25) is 0 Å². The van der Waals surface area contributed by atoms with E-state index in [1.54, 1.807) is 24.4 Å². The normalized spacial score (nSPS) is 10.1. The quantitative estimate of drug-likeness (QED) is 0.816. The van der Waals surface area contributed by atoms with Crippen LogP contribution in [0.2, 0.25) is 0 Å². The fourth-order valence-corrected chi connectivity index (χ4v) is 1.55. The van der Waals surface area contributed by atoms with E-state index in [1.165, 1.54) is 26.4 Å². The van der Waals surface area contributed by atoms with Crippen molar-refractivity contribution in [2.45, 2.75) is 0 Å². The predicted molar refractivity (Wildman–Crippen MR) is 62.7 cm³/mol. The van der Waals surface area contributed by atoms with Gasteiger partial charge in [0.25, 0.3) is 0 Å². The topological polar surface area (TPSA) is 31.4 Å². The molecule has 0 aliphatic rings. The summed E-state index contributed by atoms with van der Waals surface area (Å²) in [6.45, 7) is 0. The molecule has 3 nitrogen and oxygen atoms in total. The van der Waals surface area contributed by atoms with Gasteiger partial charge in [-0.25, -0.2) is 9.37 Å². The number of benzene rings is 1. The highest BCUT2D eigenvalue weighted by atomic mass is 19.1. The van der Waals surface area contributed by atoms with Crippen LogP contribution < -0.4 is 9.47 Å². The number of aromatic nitrogens is 1. The Kier molecular flexibility index (Phi) is 3.23. The summed E-state index contributed by atoms with van der Waals surface area (Å²) in [6.07, 6.45) is 1.62. The third-order valence-corrected chi connectivity index (χ3v) is 2.38. The largest absolute Gasteiger partial charge is 0.497 e. The first-order chi connectivity index (χ1) is 8.22. The van der Waals surface area contributed by atoms with Crippen LogP contribution in [0.3, 0.4) is 0 Å². The second-order valence-electron chi connectivity index (χ2n) is 3.47. The first kappa shape index (κ1) is 11.4. The van der Waals surface area contributed by atoms with Gasteiger partial charge in [-0.15, -0.1) is 0 Å². The molecule has 0 N–H and O–H groups in total. The van der Waals surface area contributed by atoms with Crippen LogP contribution in [0.25, 0.3) is 11.1 Å². The van der Waals surface area contributed by atoms with Crippen molar-refractivity contribution in [3.8, 4) is 22.8 Å². The summed E-state index contributed by atoms with van der Waals surface area (Å²) in [5.74, 6) is 0.636. The minimum atomic E-state index is -0.338. The van der Waals surface area contributed by atoms with Gasteiger partial charge in [0.2, 0.25) is 5.88 Å². The number of hydrogen-bond acceptors (Lipinski definition) is 3. The summed E-state index contributed by atoms with van der Waals surface area (Å²) in [6, 6.07) is 8.07. The maximum atomic E-state index is 13.4. The van der Waals surface area contributed by atoms with Crippen LogP contribution in [0.4, 0.5) is 4.39 Å². The molecule has 0 unspecified atom stereocenters. The second kappa shape index (κ2) is 4.82. The summed E-state index contributed by atoms with van der Waals surface area (Å²) in [5.41, 5.74) is 1.55. The minimum absolute atomic E-state index is 0.338. The molecule has 0 radical (unpaired) electrons. The molecule has 1 heterocycles. The molecule has 1 aromatic carbocycles. The van der Waals surface area contributed by atoms with Gasteiger partial charge in [0.05, 0.1) is 14.2 Å². The molecule has 1 aromatic heterocycles. The Labute approximate surface area is 98.8 Å². The van der Waals surface area contributed by atoms with Crippen molar-refractivity contribution in [2.24, 2.45) is 0 Å². The average molecular weight is 233 g/mol. The lowest BCUT2D eigenvalue weighted by molar-refractivity contribution is 0.398. The van der Waals surface area contributed by atoms with Gasteiger partial charge in [0.15, 0.2) is 0 Å². The first-order valence-corrected chi connectivity index (χ1v) is 5.08. The van der Waals surface area contributed by atoms with Crippen molar-refractivity contribution in [1.29, 1.82) is 0 Å². The van der Waals surface area contributed by atoms with E-state index in [0.29, 0.717) is 11.6 Å². The zero-order valence-corrected chi connectivity index (χ0v) is 9.61. The van der Waals surface area contributed by atoms with Crippen LogP contribution in [0, 0.1) is 5.82 Å². The van der Waals surface area contributed by atoms with Crippen molar-refractivity contribution < 1.29 is 13.9 Å². The van der Waals surface area contributed by atoms with E-state index in [1.807, 2.05) is 0 Å². The Morgan fingerprint density at radius 2 is 1.82 bits per heavy atom. The zero-order valence-electron chi connectivity index (χ0n) is 9.61. The number of hydrogen-bond donors (Lipinski definition) is 0. The lowest BCUT2D eigenvalue weighted by Gasteiger charge is -2.06. The molecule has 4 heteroatoms. The fourth-order valence-electron chi connectivity index (χ4n) is 1.55. The zero-order chi connectivity index (χ0) is 12.3. The first-order valence-electron chi connectivity index (χ1n) is 5.08. The van der Waals surface area contributed by atoms with E-state index >= 15 is 0 Å². The van der Waals surface area contributed by atoms with Crippen molar-refractivity contribution in [3.63, 3.8) is 0 Å². The number of halogens is 1. The Balaban J connectivity index is 2.47. The van der Waals surface area contributed by atoms with Crippen molar-refractivity contribution in [2.75, 3.05) is 14.2 Å². The van der Waals surface area contributed by atoms with E-state index < -0.39 is 0 Å². The highest BCUT2D eigenvalue weighted by Gasteiger charge is 2.05. The Morgan fingerprint density at radius 3 is 2.53 bits per heavy atom. The number of pyridine rings is 1. The van der Waals surface area contributed by atoms with Gasteiger partial charge in [-0.2, -0.15) is 0 Å². The third kappa shape index (κ3) is 2.53. The van der Waals surface area contributed by atoms with Gasteiger partial charge in [0.1, 0.15) is 11.6 Å². The maximum Gasteiger partial charge on any atom is 0.213 e. The van der Waals surface area contributed by atoms with Crippen LogP contribution in [0.5, 0.6) is 11.6 Å². The molecule has 0 spiro atoms. The molecular formula is C13H12FNO2. The lowest BCUT2D eigenvalue weighted by Crippen LogP contribution is -1.89. The number of ether oxygens (including phenoxy) is 2. The van der Waals surface area contributed by atoms with Gasteiger partial charge < -0.3 is 9.47 Å². The van der Waals surface area contributed by atoms with E-state index in [2.05, 4.69) is 4.98 Å². The summed E-state index contributed by atoms with van der Waals surface area (Å²) in [7, 11) is 3.05. The molecule has 88 valence electrons. The third-order valence-electron chi connectivity index (χ3n) is 2.38. The van der Waals surface area contributed by atoms with Crippen LogP contribution in [-0.2, 0) is 0 Å². The molecule has 0 aliphatic heterocycles. The molecule has 0 atom stereocenters. The predicted octanol–water partition coefficient (Wildman–Crippen LogP) is 2.90. The summed E-state index contributed by atoms with van der Waals surface area (Å²) in [5, 5.41) is 0. The number of methoxy groups -OCH3 is 2. The molecular weight excluding hydrogens is 221 g/mol. The van der Waals surface area contributed by atoms with Crippen molar-refractivity contribution >= 4 is 0 Å². The SMILES string of the molecule is COc1cc(F)cc(-c2ccnc(OC)c2)c1. The van der Waals surface area contributed by atoms with Crippen molar-refractivity contribution in [3.05, 3.63) is 42.3 Å².